The lowest BCUT2D eigenvalue weighted by Crippen LogP contribution is -2.51. The Morgan fingerprint density at radius 1 is 0.818 bits per heavy atom. The molecule has 0 saturated carbocycles. The zero-order valence-corrected chi connectivity index (χ0v) is 25.0. The van der Waals surface area contributed by atoms with Gasteiger partial charge in [0, 0.05) is 31.1 Å². The molecule has 1 rings (SSSR count). The van der Waals surface area contributed by atoms with Gasteiger partial charge in [-0.1, -0.05) is 50.6 Å². The maximum absolute atomic E-state index is 13.4. The molecule has 0 aromatic heterocycles. The lowest BCUT2D eigenvalue weighted by atomic mass is 9.87. The minimum Gasteiger partial charge on any atom is -0.481 e. The molecule has 1 aromatic carbocycles. The molecule has 0 aliphatic rings. The van der Waals surface area contributed by atoms with Crippen LogP contribution in [0.3, 0.4) is 0 Å². The number of alkyl carbamates (subject to hydrolysis) is 1. The molecule has 0 radical (unpaired) electrons. The first-order valence-electron chi connectivity index (χ1n) is 14.2. The third kappa shape index (κ3) is 13.4. The van der Waals surface area contributed by atoms with Gasteiger partial charge in [-0.15, -0.1) is 0 Å². The molecule has 13 nitrogen and oxygen atoms in total. The first-order chi connectivity index (χ1) is 20.7. The van der Waals surface area contributed by atoms with Crippen molar-refractivity contribution in [3.05, 3.63) is 35.9 Å². The van der Waals surface area contributed by atoms with Crippen LogP contribution in [0.5, 0.6) is 0 Å². The highest BCUT2D eigenvalue weighted by atomic mass is 19.1. The molecule has 0 bridgehead atoms. The number of aliphatic carboxylic acids is 2. The van der Waals surface area contributed by atoms with Crippen LogP contribution in [0, 0.1) is 17.8 Å². The predicted molar refractivity (Wildman–Crippen MR) is 153 cm³/mol. The molecule has 0 heterocycles. The smallest absolute Gasteiger partial charge is 0.408 e. The van der Waals surface area contributed by atoms with Crippen LogP contribution in [0.4, 0.5) is 9.18 Å². The van der Waals surface area contributed by atoms with Crippen LogP contribution in [0.1, 0.15) is 64.9 Å². The number of aliphatic hydroxyl groups is 1. The van der Waals surface area contributed by atoms with Gasteiger partial charge in [0.15, 0.2) is 17.3 Å². The van der Waals surface area contributed by atoms with Gasteiger partial charge < -0.3 is 30.7 Å². The van der Waals surface area contributed by atoms with Crippen molar-refractivity contribution in [3.8, 4) is 0 Å². The van der Waals surface area contributed by atoms with E-state index in [4.69, 9.17) is 9.84 Å². The maximum atomic E-state index is 13.4. The van der Waals surface area contributed by atoms with E-state index in [0.717, 1.165) is 6.92 Å². The number of rotatable bonds is 21. The Kier molecular flexibility index (Phi) is 16.5. The van der Waals surface area contributed by atoms with Gasteiger partial charge in [0.05, 0.1) is 18.6 Å². The Morgan fingerprint density at radius 2 is 1.41 bits per heavy atom. The lowest BCUT2D eigenvalue weighted by Gasteiger charge is -2.27. The SMILES string of the molecule is CC[C@H](C)[C@H](NC(=O)OCc1ccccc1)C(=O)CC(CCC(=O)O)C(=O)N[C@H](C(=O)CC(CC(=O)O)C(=O)CF)[C@@H](C)O. The normalized spacial score (nSPS) is 15.0. The maximum Gasteiger partial charge on any atom is 0.408 e. The fourth-order valence-corrected chi connectivity index (χ4v) is 4.39. The number of nitrogens with one attached hydrogen (secondary N) is 2. The summed E-state index contributed by atoms with van der Waals surface area (Å²) in [5.41, 5.74) is 0.713. The molecular formula is C30H41FN2O11. The standard InChI is InChI=1S/C30H41FN2O11/c1-4-17(2)27(33-30(43)44-16-19-8-6-5-7-9-19)22(35)12-20(10-11-25(38)39)29(42)32-28(18(3)34)23(36)13-21(14-26(40)41)24(37)15-31/h5-9,17-18,20-21,27-28,34H,4,10-16H2,1-3H3,(H,32,42)(H,33,43)(H,38,39)(H,40,41)/t17-,18+,20?,21?,27-,28-/m0/s1. The predicted octanol–water partition coefficient (Wildman–Crippen LogP) is 2.22. The molecule has 0 saturated heterocycles. The Bertz CT molecular complexity index is 1160. The Hall–Kier alpha value is -4.20. The molecule has 2 unspecified atom stereocenters. The molecule has 0 aliphatic carbocycles. The first kappa shape index (κ1) is 37.8. The van der Waals surface area contributed by atoms with Crippen LogP contribution in [-0.4, -0.2) is 81.5 Å². The number of amides is 2. The van der Waals surface area contributed by atoms with Crippen LogP contribution in [0.2, 0.25) is 0 Å². The van der Waals surface area contributed by atoms with E-state index < -0.39 is 110 Å². The summed E-state index contributed by atoms with van der Waals surface area (Å²) in [6.07, 6.45) is -4.98. The summed E-state index contributed by atoms with van der Waals surface area (Å²) < 4.78 is 18.2. The van der Waals surface area contributed by atoms with Gasteiger partial charge in [-0.2, -0.15) is 0 Å². The van der Waals surface area contributed by atoms with Gasteiger partial charge in [0.2, 0.25) is 5.91 Å². The van der Waals surface area contributed by atoms with Crippen molar-refractivity contribution >= 4 is 41.3 Å². The van der Waals surface area contributed by atoms with Crippen molar-refractivity contribution in [1.29, 1.82) is 0 Å². The van der Waals surface area contributed by atoms with E-state index in [1.165, 1.54) is 0 Å². The van der Waals surface area contributed by atoms with Gasteiger partial charge in [0.25, 0.3) is 0 Å². The molecular weight excluding hydrogens is 583 g/mol. The highest BCUT2D eigenvalue weighted by Crippen LogP contribution is 2.20. The largest absolute Gasteiger partial charge is 0.481 e. The number of Topliss-reactive ketones (excluding diaryl/α,β-unsaturated/α-hetero) is 3. The Morgan fingerprint density at radius 3 is 1.93 bits per heavy atom. The molecule has 2 amide bonds. The number of carboxylic acid groups (broad SMARTS) is 2. The van der Waals surface area contributed by atoms with Crippen molar-refractivity contribution in [2.75, 3.05) is 6.67 Å². The molecule has 0 fully saturated rings. The summed E-state index contributed by atoms with van der Waals surface area (Å²) in [6, 6.07) is 6.04. The molecule has 6 atom stereocenters. The van der Waals surface area contributed by atoms with Crippen LogP contribution < -0.4 is 10.6 Å². The quantitative estimate of drug-likeness (QED) is 0.134. The number of ether oxygens (including phenoxy) is 1. The second-order valence-electron chi connectivity index (χ2n) is 10.7. The molecule has 44 heavy (non-hydrogen) atoms. The number of carbonyl (C=O) groups excluding carboxylic acids is 5. The van der Waals surface area contributed by atoms with Crippen molar-refractivity contribution in [1.82, 2.24) is 10.6 Å². The van der Waals surface area contributed by atoms with E-state index in [2.05, 4.69) is 10.6 Å². The fraction of sp³-hybridized carbons (Fsp3) is 0.567. The van der Waals surface area contributed by atoms with E-state index in [1.807, 2.05) is 0 Å². The van der Waals surface area contributed by atoms with E-state index in [9.17, 15) is 48.2 Å². The molecule has 0 aliphatic heterocycles. The highest BCUT2D eigenvalue weighted by Gasteiger charge is 2.35. The zero-order valence-electron chi connectivity index (χ0n) is 25.0. The lowest BCUT2D eigenvalue weighted by molar-refractivity contribution is -0.142. The number of alkyl halides is 1. The number of carbonyl (C=O) groups is 7. The summed E-state index contributed by atoms with van der Waals surface area (Å²) in [5, 5.41) is 33.2. The number of halogens is 1. The first-order valence-corrected chi connectivity index (χ1v) is 14.2. The van der Waals surface area contributed by atoms with E-state index in [0.29, 0.717) is 12.0 Å². The average Bonchev–Trinajstić information content (AvgIpc) is 2.98. The Balaban J connectivity index is 3.09. The second-order valence-corrected chi connectivity index (χ2v) is 10.7. The van der Waals surface area contributed by atoms with Gasteiger partial charge >= 0.3 is 18.0 Å². The number of hydrogen-bond donors (Lipinski definition) is 5. The number of carboxylic acids is 2. The minimum absolute atomic E-state index is 0.0588. The summed E-state index contributed by atoms with van der Waals surface area (Å²) in [7, 11) is 0. The summed E-state index contributed by atoms with van der Waals surface area (Å²) in [6.45, 7) is 3.05. The number of hydrogen-bond acceptors (Lipinski definition) is 9. The fourth-order valence-electron chi connectivity index (χ4n) is 4.39. The van der Waals surface area contributed by atoms with Crippen LogP contribution in [0.15, 0.2) is 30.3 Å². The van der Waals surface area contributed by atoms with Gasteiger partial charge in [-0.3, -0.25) is 28.8 Å². The third-order valence-electron chi connectivity index (χ3n) is 7.15. The Labute approximate surface area is 254 Å². The summed E-state index contributed by atoms with van der Waals surface area (Å²) >= 11 is 0. The number of ketones is 3. The second kappa shape index (κ2) is 19.2. The molecule has 244 valence electrons. The van der Waals surface area contributed by atoms with Crippen LogP contribution in [-0.2, 0) is 40.1 Å². The van der Waals surface area contributed by atoms with E-state index in [1.54, 1.807) is 44.2 Å². The van der Waals surface area contributed by atoms with Gasteiger partial charge in [-0.25, -0.2) is 9.18 Å². The molecule has 14 heteroatoms. The number of benzene rings is 1. The van der Waals surface area contributed by atoms with Crippen molar-refractivity contribution in [2.45, 2.75) is 84.1 Å². The summed E-state index contributed by atoms with van der Waals surface area (Å²) in [5.74, 6) is -9.60. The van der Waals surface area contributed by atoms with Crippen molar-refractivity contribution < 1.29 is 58.0 Å². The summed E-state index contributed by atoms with van der Waals surface area (Å²) in [4.78, 5) is 86.3. The van der Waals surface area contributed by atoms with Crippen LogP contribution in [0.25, 0.3) is 0 Å². The van der Waals surface area contributed by atoms with Gasteiger partial charge in [-0.05, 0) is 24.8 Å². The minimum atomic E-state index is -1.66. The molecule has 0 spiro atoms. The molecule has 5 N–H and O–H groups in total. The topological polar surface area (TPSA) is 213 Å². The molecule has 1 aromatic rings. The monoisotopic (exact) mass is 624 g/mol. The van der Waals surface area contributed by atoms with E-state index >= 15 is 0 Å². The third-order valence-corrected chi connectivity index (χ3v) is 7.15. The van der Waals surface area contributed by atoms with Crippen molar-refractivity contribution in [3.63, 3.8) is 0 Å². The number of aliphatic hydroxyl groups excluding tert-OH is 1. The van der Waals surface area contributed by atoms with Crippen LogP contribution >= 0.6 is 0 Å². The van der Waals surface area contributed by atoms with Crippen molar-refractivity contribution in [2.24, 2.45) is 17.8 Å². The highest BCUT2D eigenvalue weighted by molar-refractivity contribution is 5.96. The zero-order chi connectivity index (χ0) is 33.4. The van der Waals surface area contributed by atoms with Gasteiger partial charge in [0.1, 0.15) is 19.3 Å². The van der Waals surface area contributed by atoms with E-state index in [-0.39, 0.29) is 13.0 Å². The average molecular weight is 625 g/mol.